The fourth-order valence-corrected chi connectivity index (χ4v) is 2.41. The Morgan fingerprint density at radius 3 is 2.81 bits per heavy atom. The first-order valence-electron chi connectivity index (χ1n) is 6.47. The average Bonchev–Trinajstić information content (AvgIpc) is 2.42. The Morgan fingerprint density at radius 2 is 2.14 bits per heavy atom. The van der Waals surface area contributed by atoms with Gasteiger partial charge >= 0.3 is 0 Å². The van der Waals surface area contributed by atoms with E-state index < -0.39 is 5.82 Å². The van der Waals surface area contributed by atoms with Gasteiger partial charge in [0.15, 0.2) is 5.82 Å². The summed E-state index contributed by atoms with van der Waals surface area (Å²) in [7, 11) is 0. The summed E-state index contributed by atoms with van der Waals surface area (Å²) in [5.41, 5.74) is 0.513. The quantitative estimate of drug-likeness (QED) is 0.807. The second-order valence-electron chi connectivity index (χ2n) is 4.80. The Balaban J connectivity index is 2.22. The maximum Gasteiger partial charge on any atom is 0.256 e. The SMILES string of the molecule is CC(C)NCc1ccnc(Oc2ccc(Cl)cc2Br)c1F. The number of halogens is 3. The van der Waals surface area contributed by atoms with Crippen molar-refractivity contribution in [3.05, 3.63) is 51.3 Å². The molecule has 0 aliphatic carbocycles. The van der Waals surface area contributed by atoms with Crippen molar-refractivity contribution in [1.29, 1.82) is 0 Å². The van der Waals surface area contributed by atoms with Crippen molar-refractivity contribution in [1.82, 2.24) is 10.3 Å². The average molecular weight is 374 g/mol. The number of benzene rings is 1. The van der Waals surface area contributed by atoms with Crippen LogP contribution in [0.2, 0.25) is 5.02 Å². The van der Waals surface area contributed by atoms with Crippen molar-refractivity contribution < 1.29 is 9.13 Å². The summed E-state index contributed by atoms with van der Waals surface area (Å²) in [6, 6.07) is 6.91. The minimum atomic E-state index is -0.465. The van der Waals surface area contributed by atoms with Crippen LogP contribution in [0.5, 0.6) is 11.6 Å². The molecule has 0 bridgehead atoms. The number of rotatable bonds is 5. The molecule has 0 spiro atoms. The first kappa shape index (κ1) is 16.2. The van der Waals surface area contributed by atoms with Gasteiger partial charge in [0.2, 0.25) is 0 Å². The van der Waals surface area contributed by atoms with Gasteiger partial charge < -0.3 is 10.1 Å². The zero-order valence-electron chi connectivity index (χ0n) is 11.7. The Bertz CT molecular complexity index is 637. The minimum absolute atomic E-state index is 0.0546. The zero-order valence-corrected chi connectivity index (χ0v) is 14.0. The van der Waals surface area contributed by atoms with Crippen LogP contribution in [0.4, 0.5) is 4.39 Å². The maximum atomic E-state index is 14.4. The van der Waals surface area contributed by atoms with Crippen LogP contribution in [-0.4, -0.2) is 11.0 Å². The Kier molecular flexibility index (Phi) is 5.56. The van der Waals surface area contributed by atoms with E-state index in [1.165, 1.54) is 6.20 Å². The van der Waals surface area contributed by atoms with Gasteiger partial charge in [0, 0.05) is 29.4 Å². The molecular formula is C15H15BrClFN2O. The van der Waals surface area contributed by atoms with Gasteiger partial charge in [-0.3, -0.25) is 0 Å². The summed E-state index contributed by atoms with van der Waals surface area (Å²) in [5.74, 6) is -0.0617. The standard InChI is InChI=1S/C15H15BrClFN2O/c1-9(2)20-8-10-5-6-19-15(14(10)18)21-13-4-3-11(17)7-12(13)16/h3-7,9,20H,8H2,1-2H3. The normalized spacial score (nSPS) is 11.0. The molecule has 1 aromatic heterocycles. The molecule has 2 aromatic rings. The second kappa shape index (κ2) is 7.20. The van der Waals surface area contributed by atoms with Crippen molar-refractivity contribution in [2.75, 3.05) is 0 Å². The third kappa shape index (κ3) is 4.40. The third-order valence-electron chi connectivity index (χ3n) is 2.74. The Morgan fingerprint density at radius 1 is 1.38 bits per heavy atom. The fraction of sp³-hybridized carbons (Fsp3) is 0.267. The highest BCUT2D eigenvalue weighted by Gasteiger charge is 2.13. The first-order chi connectivity index (χ1) is 9.97. The Hall–Kier alpha value is -1.17. The number of pyridine rings is 1. The van der Waals surface area contributed by atoms with E-state index in [9.17, 15) is 4.39 Å². The van der Waals surface area contributed by atoms with Gasteiger partial charge in [-0.05, 0) is 40.2 Å². The van der Waals surface area contributed by atoms with Crippen molar-refractivity contribution in [3.63, 3.8) is 0 Å². The smallest absolute Gasteiger partial charge is 0.256 e. The molecular weight excluding hydrogens is 359 g/mol. The lowest BCUT2D eigenvalue weighted by atomic mass is 10.2. The van der Waals surface area contributed by atoms with Crippen molar-refractivity contribution >= 4 is 27.5 Å². The zero-order chi connectivity index (χ0) is 15.4. The van der Waals surface area contributed by atoms with Crippen molar-refractivity contribution in [2.45, 2.75) is 26.4 Å². The number of hydrogen-bond acceptors (Lipinski definition) is 3. The second-order valence-corrected chi connectivity index (χ2v) is 6.09. The van der Waals surface area contributed by atoms with Crippen LogP contribution in [0, 0.1) is 5.82 Å². The number of nitrogens with zero attached hydrogens (tertiary/aromatic N) is 1. The molecule has 1 N–H and O–H groups in total. The van der Waals surface area contributed by atoms with Crippen molar-refractivity contribution in [2.24, 2.45) is 0 Å². The molecule has 0 saturated carbocycles. The van der Waals surface area contributed by atoms with Gasteiger partial charge in [-0.15, -0.1) is 0 Å². The highest BCUT2D eigenvalue weighted by molar-refractivity contribution is 9.10. The lowest BCUT2D eigenvalue weighted by molar-refractivity contribution is 0.414. The highest BCUT2D eigenvalue weighted by atomic mass is 79.9. The van der Waals surface area contributed by atoms with Crippen LogP contribution in [0.1, 0.15) is 19.4 Å². The molecule has 0 unspecified atom stereocenters. The molecule has 112 valence electrons. The monoisotopic (exact) mass is 372 g/mol. The van der Waals surface area contributed by atoms with Gasteiger partial charge in [0.25, 0.3) is 5.88 Å². The molecule has 6 heteroatoms. The summed E-state index contributed by atoms with van der Waals surface area (Å²) in [6.07, 6.45) is 1.53. The third-order valence-corrected chi connectivity index (χ3v) is 3.59. The van der Waals surface area contributed by atoms with Crippen LogP contribution in [-0.2, 0) is 6.54 Å². The molecule has 0 radical (unpaired) electrons. The first-order valence-corrected chi connectivity index (χ1v) is 7.64. The van der Waals surface area contributed by atoms with E-state index in [0.717, 1.165) is 0 Å². The molecule has 0 aliphatic rings. The molecule has 0 atom stereocenters. The molecule has 0 fully saturated rings. The summed E-state index contributed by atoms with van der Waals surface area (Å²) >= 11 is 9.19. The van der Waals surface area contributed by atoms with Gasteiger partial charge in [-0.1, -0.05) is 25.4 Å². The summed E-state index contributed by atoms with van der Waals surface area (Å²) in [4.78, 5) is 3.95. The predicted octanol–water partition coefficient (Wildman–Crippen LogP) is 4.93. The number of nitrogens with one attached hydrogen (secondary N) is 1. The van der Waals surface area contributed by atoms with Crippen molar-refractivity contribution in [3.8, 4) is 11.6 Å². The molecule has 0 aliphatic heterocycles. The predicted molar refractivity (Wildman–Crippen MR) is 85.4 cm³/mol. The van der Waals surface area contributed by atoms with E-state index in [-0.39, 0.29) is 11.9 Å². The molecule has 21 heavy (non-hydrogen) atoms. The van der Waals surface area contributed by atoms with Crippen LogP contribution in [0.3, 0.4) is 0 Å². The molecule has 0 amide bonds. The molecule has 2 rings (SSSR count). The number of aromatic nitrogens is 1. The van der Waals surface area contributed by atoms with E-state index in [4.69, 9.17) is 16.3 Å². The van der Waals surface area contributed by atoms with E-state index >= 15 is 0 Å². The maximum absolute atomic E-state index is 14.4. The van der Waals surface area contributed by atoms with E-state index in [1.807, 2.05) is 13.8 Å². The summed E-state index contributed by atoms with van der Waals surface area (Å²) in [5, 5.41) is 3.73. The molecule has 3 nitrogen and oxygen atoms in total. The molecule has 0 saturated heterocycles. The largest absolute Gasteiger partial charge is 0.435 e. The van der Waals surface area contributed by atoms with Gasteiger partial charge in [-0.2, -0.15) is 0 Å². The number of ether oxygens (including phenoxy) is 1. The van der Waals surface area contributed by atoms with Crippen LogP contribution in [0.25, 0.3) is 0 Å². The van der Waals surface area contributed by atoms with E-state index in [0.29, 0.717) is 27.4 Å². The van der Waals surface area contributed by atoms with E-state index in [2.05, 4.69) is 26.2 Å². The lowest BCUT2D eigenvalue weighted by Gasteiger charge is -2.12. The molecule has 1 heterocycles. The molecule has 1 aromatic carbocycles. The van der Waals surface area contributed by atoms with E-state index in [1.54, 1.807) is 24.3 Å². The summed E-state index contributed by atoms with van der Waals surface area (Å²) < 4.78 is 20.5. The fourth-order valence-electron chi connectivity index (χ4n) is 1.65. The van der Waals surface area contributed by atoms with Crippen LogP contribution in [0.15, 0.2) is 34.9 Å². The number of hydrogen-bond donors (Lipinski definition) is 1. The summed E-state index contributed by atoms with van der Waals surface area (Å²) in [6.45, 7) is 4.42. The lowest BCUT2D eigenvalue weighted by Crippen LogP contribution is -2.22. The van der Waals surface area contributed by atoms with Gasteiger partial charge in [0.1, 0.15) is 5.75 Å². The minimum Gasteiger partial charge on any atom is -0.435 e. The highest BCUT2D eigenvalue weighted by Crippen LogP contribution is 2.32. The topological polar surface area (TPSA) is 34.2 Å². The van der Waals surface area contributed by atoms with Gasteiger partial charge in [-0.25, -0.2) is 9.37 Å². The van der Waals surface area contributed by atoms with Gasteiger partial charge in [0.05, 0.1) is 4.47 Å². The Labute approximate surface area is 136 Å². The van der Waals surface area contributed by atoms with Crippen LogP contribution < -0.4 is 10.1 Å². The van der Waals surface area contributed by atoms with Crippen LogP contribution >= 0.6 is 27.5 Å².